The molecule has 0 saturated heterocycles. The first-order valence-corrected chi connectivity index (χ1v) is 12.8. The molecule has 194 valence electrons. The van der Waals surface area contributed by atoms with E-state index in [0.29, 0.717) is 23.6 Å². The third-order valence-electron chi connectivity index (χ3n) is 5.88. The van der Waals surface area contributed by atoms with Gasteiger partial charge in [0, 0.05) is 34.1 Å². The number of allylic oxidation sites excluding steroid dienone is 1. The Labute approximate surface area is 213 Å². The lowest BCUT2D eigenvalue weighted by molar-refractivity contribution is -0.137. The summed E-state index contributed by atoms with van der Waals surface area (Å²) in [5, 5.41) is 3.38. The number of hydrogen-bond donors (Lipinski definition) is 2. The van der Waals surface area contributed by atoms with E-state index >= 15 is 0 Å². The Morgan fingerprint density at radius 3 is 2.41 bits per heavy atom. The standard InChI is InChI=1S/C27H25F3N2O4S/c1-26(2)16-18-7-10-21(36-3)14-23(18)24(31-26)15-25(33)17-5-4-6-20(13-17)32-37(34,35)22-11-8-19(9-12-22)27(28,29)30/h4-15,31-32H,16H2,1-3H3. The molecule has 1 heterocycles. The van der Waals surface area contributed by atoms with Crippen LogP contribution in [0.3, 0.4) is 0 Å². The van der Waals surface area contributed by atoms with E-state index < -0.39 is 21.8 Å². The fourth-order valence-corrected chi connectivity index (χ4v) is 5.19. The van der Waals surface area contributed by atoms with Gasteiger partial charge in [0.05, 0.1) is 17.6 Å². The van der Waals surface area contributed by atoms with Gasteiger partial charge in [-0.3, -0.25) is 9.52 Å². The molecule has 0 saturated carbocycles. The highest BCUT2D eigenvalue weighted by Crippen LogP contribution is 2.33. The number of ether oxygens (including phenoxy) is 1. The van der Waals surface area contributed by atoms with Crippen molar-refractivity contribution in [3.05, 3.63) is 95.1 Å². The molecular formula is C27H25F3N2O4S. The van der Waals surface area contributed by atoms with Crippen LogP contribution in [0.1, 0.15) is 40.9 Å². The number of ketones is 1. The second kappa shape index (κ2) is 9.59. The van der Waals surface area contributed by atoms with Crippen LogP contribution in [-0.2, 0) is 22.6 Å². The van der Waals surface area contributed by atoms with Crippen LogP contribution < -0.4 is 14.8 Å². The predicted molar refractivity (Wildman–Crippen MR) is 135 cm³/mol. The molecule has 0 bridgehead atoms. The Morgan fingerprint density at radius 1 is 1.05 bits per heavy atom. The first kappa shape index (κ1) is 26.3. The summed E-state index contributed by atoms with van der Waals surface area (Å²) in [5.41, 5.74) is 1.59. The summed E-state index contributed by atoms with van der Waals surface area (Å²) in [5.74, 6) is 0.294. The lowest BCUT2D eigenvalue weighted by Crippen LogP contribution is -2.43. The van der Waals surface area contributed by atoms with E-state index in [2.05, 4.69) is 10.0 Å². The van der Waals surface area contributed by atoms with Crippen LogP contribution in [0.15, 0.2) is 77.7 Å². The summed E-state index contributed by atoms with van der Waals surface area (Å²) in [7, 11) is -2.62. The zero-order valence-electron chi connectivity index (χ0n) is 20.3. The van der Waals surface area contributed by atoms with Gasteiger partial charge in [0.15, 0.2) is 5.78 Å². The summed E-state index contributed by atoms with van der Waals surface area (Å²) < 4.78 is 71.5. The van der Waals surface area contributed by atoms with Crippen molar-refractivity contribution in [3.8, 4) is 5.75 Å². The van der Waals surface area contributed by atoms with Crippen LogP contribution in [0.4, 0.5) is 18.9 Å². The van der Waals surface area contributed by atoms with E-state index in [1.807, 2.05) is 32.0 Å². The van der Waals surface area contributed by atoms with Gasteiger partial charge in [-0.15, -0.1) is 0 Å². The average Bonchev–Trinajstić information content (AvgIpc) is 2.82. The average molecular weight is 531 g/mol. The van der Waals surface area contributed by atoms with E-state index in [1.165, 1.54) is 24.3 Å². The monoisotopic (exact) mass is 530 g/mol. The van der Waals surface area contributed by atoms with Gasteiger partial charge in [-0.2, -0.15) is 13.2 Å². The number of fused-ring (bicyclic) bond motifs is 1. The first-order chi connectivity index (χ1) is 17.3. The van der Waals surface area contributed by atoms with Crippen LogP contribution in [0.2, 0.25) is 0 Å². The molecule has 0 radical (unpaired) electrons. The molecule has 0 aromatic heterocycles. The van der Waals surface area contributed by atoms with Gasteiger partial charge in [-0.05, 0) is 74.4 Å². The zero-order chi connectivity index (χ0) is 27.0. The number of rotatable bonds is 6. The number of sulfonamides is 1. The number of anilines is 1. The summed E-state index contributed by atoms with van der Waals surface area (Å²) in [6.45, 7) is 4.05. The van der Waals surface area contributed by atoms with Gasteiger partial charge in [0.1, 0.15) is 5.75 Å². The van der Waals surface area contributed by atoms with Crippen LogP contribution in [0, 0.1) is 0 Å². The summed E-state index contributed by atoms with van der Waals surface area (Å²) >= 11 is 0. The molecule has 4 rings (SSSR count). The highest BCUT2D eigenvalue weighted by atomic mass is 32.2. The second-order valence-electron chi connectivity index (χ2n) is 9.34. The fraction of sp³-hybridized carbons (Fsp3) is 0.222. The predicted octanol–water partition coefficient (Wildman–Crippen LogP) is 5.66. The van der Waals surface area contributed by atoms with Gasteiger partial charge in [0.25, 0.3) is 10.0 Å². The molecule has 0 unspecified atom stereocenters. The lowest BCUT2D eigenvalue weighted by Gasteiger charge is -2.35. The number of alkyl halides is 3. The largest absolute Gasteiger partial charge is 0.497 e. The van der Waals surface area contributed by atoms with E-state index in [9.17, 15) is 26.4 Å². The summed E-state index contributed by atoms with van der Waals surface area (Å²) in [4.78, 5) is 12.8. The first-order valence-electron chi connectivity index (χ1n) is 11.3. The van der Waals surface area contributed by atoms with Crippen molar-refractivity contribution in [1.29, 1.82) is 0 Å². The Kier molecular flexibility index (Phi) is 6.81. The topological polar surface area (TPSA) is 84.5 Å². The molecular weight excluding hydrogens is 505 g/mol. The minimum Gasteiger partial charge on any atom is -0.497 e. The Hall–Kier alpha value is -3.79. The molecule has 0 fully saturated rings. The van der Waals surface area contributed by atoms with Gasteiger partial charge in [-0.1, -0.05) is 18.2 Å². The molecule has 1 aliphatic heterocycles. The number of carbonyl (C=O) groups is 1. The number of benzene rings is 3. The molecule has 0 spiro atoms. The van der Waals surface area contributed by atoms with Crippen molar-refractivity contribution in [3.63, 3.8) is 0 Å². The third-order valence-corrected chi connectivity index (χ3v) is 7.28. The summed E-state index contributed by atoms with van der Waals surface area (Å²) in [6.07, 6.45) is -2.37. The number of carbonyl (C=O) groups excluding carboxylic acids is 1. The van der Waals surface area contributed by atoms with Gasteiger partial charge in [0.2, 0.25) is 0 Å². The Morgan fingerprint density at radius 2 is 1.76 bits per heavy atom. The minimum absolute atomic E-state index is 0.100. The maximum absolute atomic E-state index is 13.2. The van der Waals surface area contributed by atoms with Crippen molar-refractivity contribution in [2.24, 2.45) is 0 Å². The van der Waals surface area contributed by atoms with E-state index in [-0.39, 0.29) is 27.5 Å². The Bertz CT molecular complexity index is 1480. The molecule has 3 aromatic carbocycles. The molecule has 0 amide bonds. The van der Waals surface area contributed by atoms with Crippen LogP contribution in [0.25, 0.3) is 5.70 Å². The molecule has 2 N–H and O–H groups in total. The van der Waals surface area contributed by atoms with Crippen LogP contribution in [-0.4, -0.2) is 26.8 Å². The molecule has 10 heteroatoms. The SMILES string of the molecule is COc1ccc2c(c1)C(=CC(=O)c1cccc(NS(=O)(=O)c3ccc(C(F)(F)F)cc3)c1)NC(C)(C)C2. The third kappa shape index (κ3) is 5.96. The molecule has 0 aliphatic carbocycles. The van der Waals surface area contributed by atoms with Crippen molar-refractivity contribution in [2.45, 2.75) is 36.9 Å². The van der Waals surface area contributed by atoms with E-state index in [4.69, 9.17) is 4.74 Å². The highest BCUT2D eigenvalue weighted by molar-refractivity contribution is 7.92. The maximum Gasteiger partial charge on any atom is 0.416 e. The number of hydrogen-bond acceptors (Lipinski definition) is 5. The number of halogens is 3. The quantitative estimate of drug-likeness (QED) is 0.317. The Balaban J connectivity index is 1.60. The smallest absolute Gasteiger partial charge is 0.416 e. The second-order valence-corrected chi connectivity index (χ2v) is 11.0. The molecule has 6 nitrogen and oxygen atoms in total. The molecule has 0 atom stereocenters. The highest BCUT2D eigenvalue weighted by Gasteiger charge is 2.31. The fourth-order valence-electron chi connectivity index (χ4n) is 4.14. The van der Waals surface area contributed by atoms with Crippen molar-refractivity contribution < 1.29 is 31.1 Å². The molecule has 37 heavy (non-hydrogen) atoms. The number of methoxy groups -OCH3 is 1. The molecule has 1 aliphatic rings. The van der Waals surface area contributed by atoms with Crippen molar-refractivity contribution >= 4 is 27.2 Å². The van der Waals surface area contributed by atoms with E-state index in [0.717, 1.165) is 29.7 Å². The van der Waals surface area contributed by atoms with Crippen LogP contribution in [0.5, 0.6) is 5.75 Å². The normalized spacial score (nSPS) is 16.0. The van der Waals surface area contributed by atoms with E-state index in [1.54, 1.807) is 13.2 Å². The number of nitrogens with one attached hydrogen (secondary N) is 2. The van der Waals surface area contributed by atoms with Crippen molar-refractivity contribution in [2.75, 3.05) is 11.8 Å². The minimum atomic E-state index is -4.58. The lowest BCUT2D eigenvalue weighted by atomic mass is 9.85. The zero-order valence-corrected chi connectivity index (χ0v) is 21.1. The van der Waals surface area contributed by atoms with Crippen molar-refractivity contribution in [1.82, 2.24) is 5.32 Å². The molecule has 3 aromatic rings. The van der Waals surface area contributed by atoms with Gasteiger partial charge >= 0.3 is 6.18 Å². The van der Waals surface area contributed by atoms with Gasteiger partial charge < -0.3 is 10.1 Å². The summed E-state index contributed by atoms with van der Waals surface area (Å²) in [6, 6.07) is 14.7. The van der Waals surface area contributed by atoms with Crippen LogP contribution >= 0.6 is 0 Å². The van der Waals surface area contributed by atoms with Gasteiger partial charge in [-0.25, -0.2) is 8.42 Å². The maximum atomic E-state index is 13.2.